The van der Waals surface area contributed by atoms with Crippen LogP contribution in [-0.4, -0.2) is 18.1 Å². The van der Waals surface area contributed by atoms with Crippen molar-refractivity contribution in [2.75, 3.05) is 12.0 Å². The van der Waals surface area contributed by atoms with Gasteiger partial charge in [-0.2, -0.15) is 0 Å². The Kier molecular flexibility index (Phi) is 5.95. The number of carbonyl (C=O) groups excluding carboxylic acids is 1. The van der Waals surface area contributed by atoms with Gasteiger partial charge in [0, 0.05) is 5.56 Å². The van der Waals surface area contributed by atoms with E-state index in [-0.39, 0.29) is 16.8 Å². The van der Waals surface area contributed by atoms with Gasteiger partial charge in [-0.05, 0) is 72.4 Å². The van der Waals surface area contributed by atoms with Crippen LogP contribution in [0.15, 0.2) is 78.5 Å². The Hall–Kier alpha value is -3.71. The third-order valence-electron chi connectivity index (χ3n) is 4.72. The van der Waals surface area contributed by atoms with Crippen LogP contribution in [0, 0.1) is 5.82 Å². The highest BCUT2D eigenvalue weighted by Gasteiger charge is 2.31. The van der Waals surface area contributed by atoms with Gasteiger partial charge in [0.15, 0.2) is 5.11 Å². The van der Waals surface area contributed by atoms with Crippen molar-refractivity contribution < 1.29 is 18.7 Å². The molecule has 31 heavy (non-hydrogen) atoms. The zero-order valence-corrected chi connectivity index (χ0v) is 17.5. The lowest BCUT2D eigenvalue weighted by Crippen LogP contribution is -2.30. The van der Waals surface area contributed by atoms with E-state index in [0.717, 1.165) is 16.9 Å². The molecule has 1 heterocycles. The number of anilines is 1. The Bertz CT molecular complexity index is 1150. The number of methoxy groups -OCH3 is 1. The molecule has 1 aliphatic rings. The second kappa shape index (κ2) is 8.97. The Labute approximate surface area is 184 Å². The molecule has 0 saturated carbocycles. The van der Waals surface area contributed by atoms with E-state index in [1.54, 1.807) is 13.2 Å². The first-order valence-corrected chi connectivity index (χ1v) is 9.93. The van der Waals surface area contributed by atoms with Gasteiger partial charge in [-0.3, -0.25) is 9.69 Å². The van der Waals surface area contributed by atoms with Gasteiger partial charge in [0.2, 0.25) is 0 Å². The van der Waals surface area contributed by atoms with Crippen molar-refractivity contribution in [1.29, 1.82) is 0 Å². The summed E-state index contributed by atoms with van der Waals surface area (Å²) < 4.78 is 24.5. The van der Waals surface area contributed by atoms with Crippen LogP contribution in [-0.2, 0) is 11.4 Å². The second-order valence-corrected chi connectivity index (χ2v) is 7.16. The number of nitrogens with zero attached hydrogens (tertiary/aromatic N) is 1. The lowest BCUT2D eigenvalue weighted by molar-refractivity contribution is -0.113. The Morgan fingerprint density at radius 1 is 1.06 bits per heavy atom. The van der Waals surface area contributed by atoms with Gasteiger partial charge in [0.25, 0.3) is 5.91 Å². The van der Waals surface area contributed by atoms with Crippen LogP contribution in [0.1, 0.15) is 11.1 Å². The van der Waals surface area contributed by atoms with Gasteiger partial charge < -0.3 is 14.8 Å². The summed E-state index contributed by atoms with van der Waals surface area (Å²) in [4.78, 5) is 14.2. The van der Waals surface area contributed by atoms with E-state index < -0.39 is 0 Å². The lowest BCUT2D eigenvalue weighted by Gasteiger charge is -2.13. The molecule has 0 radical (unpaired) electrons. The fourth-order valence-corrected chi connectivity index (χ4v) is 3.50. The number of nitrogens with one attached hydrogen (secondary N) is 1. The molecule has 0 spiro atoms. The fourth-order valence-electron chi connectivity index (χ4n) is 3.21. The highest BCUT2D eigenvalue weighted by atomic mass is 32.1. The largest absolute Gasteiger partial charge is 0.496 e. The number of para-hydroxylation sites is 1. The molecule has 7 heteroatoms. The quantitative estimate of drug-likeness (QED) is 0.451. The Morgan fingerprint density at radius 3 is 2.52 bits per heavy atom. The molecule has 0 aliphatic carbocycles. The zero-order valence-electron chi connectivity index (χ0n) is 16.7. The molecule has 1 saturated heterocycles. The second-order valence-electron chi connectivity index (χ2n) is 6.78. The SMILES string of the molecule is COc1ccc(/C=C2/NC(=S)N(c3ccc(F)cc3)C2=O)cc1COc1ccccc1. The zero-order chi connectivity index (χ0) is 21.8. The predicted molar refractivity (Wildman–Crippen MR) is 121 cm³/mol. The maximum atomic E-state index is 13.2. The molecule has 3 aromatic carbocycles. The van der Waals surface area contributed by atoms with Gasteiger partial charge in [0.1, 0.15) is 29.6 Å². The van der Waals surface area contributed by atoms with Crippen molar-refractivity contribution in [1.82, 2.24) is 5.32 Å². The van der Waals surface area contributed by atoms with Crippen LogP contribution in [0.25, 0.3) is 6.08 Å². The van der Waals surface area contributed by atoms with Crippen LogP contribution >= 0.6 is 12.2 Å². The topological polar surface area (TPSA) is 50.8 Å². The fraction of sp³-hybridized carbons (Fsp3) is 0.0833. The van der Waals surface area contributed by atoms with Crippen LogP contribution in [0.3, 0.4) is 0 Å². The number of carbonyl (C=O) groups is 1. The minimum absolute atomic E-state index is 0.240. The molecule has 0 bridgehead atoms. The molecule has 1 amide bonds. The maximum Gasteiger partial charge on any atom is 0.281 e. The normalized spacial score (nSPS) is 14.6. The molecular formula is C24H19FN2O3S. The first-order chi connectivity index (χ1) is 15.0. The summed E-state index contributed by atoms with van der Waals surface area (Å²) in [6.07, 6.45) is 1.71. The highest BCUT2D eigenvalue weighted by molar-refractivity contribution is 7.80. The van der Waals surface area contributed by atoms with Gasteiger partial charge in [-0.25, -0.2) is 4.39 Å². The molecular weight excluding hydrogens is 415 g/mol. The molecule has 3 aromatic rings. The van der Waals surface area contributed by atoms with Crippen molar-refractivity contribution in [3.8, 4) is 11.5 Å². The number of ether oxygens (including phenoxy) is 2. The predicted octanol–water partition coefficient (Wildman–Crippen LogP) is 4.68. The minimum atomic E-state index is -0.381. The average Bonchev–Trinajstić information content (AvgIpc) is 3.06. The molecule has 156 valence electrons. The van der Waals surface area contributed by atoms with Gasteiger partial charge in [-0.1, -0.05) is 24.3 Å². The van der Waals surface area contributed by atoms with Crippen LogP contribution in [0.4, 0.5) is 10.1 Å². The lowest BCUT2D eigenvalue weighted by atomic mass is 10.1. The number of hydrogen-bond donors (Lipinski definition) is 1. The Morgan fingerprint density at radius 2 is 1.81 bits per heavy atom. The molecule has 1 fully saturated rings. The Balaban J connectivity index is 1.57. The van der Waals surface area contributed by atoms with Crippen molar-refractivity contribution in [2.24, 2.45) is 0 Å². The molecule has 1 N–H and O–H groups in total. The first kappa shape index (κ1) is 20.6. The molecule has 4 rings (SSSR count). The molecule has 0 aromatic heterocycles. The standard InChI is InChI=1S/C24H19FN2O3S/c1-29-22-12-7-16(13-17(22)15-30-20-5-3-2-4-6-20)14-21-23(28)27(24(31)26-21)19-10-8-18(25)9-11-19/h2-14H,15H2,1H3,(H,26,31)/b21-14+. The van der Waals surface area contributed by atoms with E-state index >= 15 is 0 Å². The molecule has 0 unspecified atom stereocenters. The monoisotopic (exact) mass is 434 g/mol. The number of thiocarbonyl (C=S) groups is 1. The minimum Gasteiger partial charge on any atom is -0.496 e. The number of amides is 1. The third-order valence-corrected chi connectivity index (χ3v) is 5.00. The van der Waals surface area contributed by atoms with Crippen LogP contribution in [0.5, 0.6) is 11.5 Å². The van der Waals surface area contributed by atoms with E-state index in [4.69, 9.17) is 21.7 Å². The number of rotatable bonds is 6. The van der Waals surface area contributed by atoms with Crippen molar-refractivity contribution >= 4 is 35.0 Å². The summed E-state index contributed by atoms with van der Waals surface area (Å²) in [6.45, 7) is 0.311. The van der Waals surface area contributed by atoms with Crippen molar-refractivity contribution in [2.45, 2.75) is 6.61 Å². The van der Waals surface area contributed by atoms with E-state index in [1.165, 1.54) is 29.2 Å². The van der Waals surface area contributed by atoms with Crippen LogP contribution in [0.2, 0.25) is 0 Å². The maximum absolute atomic E-state index is 13.2. The van der Waals surface area contributed by atoms with E-state index in [1.807, 2.05) is 48.5 Å². The van der Waals surface area contributed by atoms with Crippen molar-refractivity contribution in [3.63, 3.8) is 0 Å². The summed E-state index contributed by atoms with van der Waals surface area (Å²) in [5.41, 5.74) is 2.45. The molecule has 5 nitrogen and oxygen atoms in total. The van der Waals surface area contributed by atoms with Crippen LogP contribution < -0.4 is 19.7 Å². The summed E-state index contributed by atoms with van der Waals surface area (Å²) in [5.74, 6) is 0.747. The number of halogens is 1. The van der Waals surface area contributed by atoms with E-state index in [2.05, 4.69) is 5.32 Å². The first-order valence-electron chi connectivity index (χ1n) is 9.52. The summed E-state index contributed by atoms with van der Waals surface area (Å²) in [6, 6.07) is 20.6. The summed E-state index contributed by atoms with van der Waals surface area (Å²) in [7, 11) is 1.60. The van der Waals surface area contributed by atoms with Crippen molar-refractivity contribution in [3.05, 3.63) is 95.4 Å². The third kappa shape index (κ3) is 4.57. The van der Waals surface area contributed by atoms with Gasteiger partial charge >= 0.3 is 0 Å². The number of hydrogen-bond acceptors (Lipinski definition) is 4. The van der Waals surface area contributed by atoms with E-state index in [0.29, 0.717) is 23.7 Å². The van der Waals surface area contributed by atoms with Gasteiger partial charge in [-0.15, -0.1) is 0 Å². The smallest absolute Gasteiger partial charge is 0.281 e. The highest BCUT2D eigenvalue weighted by Crippen LogP contribution is 2.26. The average molecular weight is 434 g/mol. The number of benzene rings is 3. The molecule has 0 atom stereocenters. The van der Waals surface area contributed by atoms with E-state index in [9.17, 15) is 9.18 Å². The summed E-state index contributed by atoms with van der Waals surface area (Å²) >= 11 is 5.31. The summed E-state index contributed by atoms with van der Waals surface area (Å²) in [5, 5.41) is 3.17. The van der Waals surface area contributed by atoms with Gasteiger partial charge in [0.05, 0.1) is 12.8 Å². The molecule has 1 aliphatic heterocycles.